The Balaban J connectivity index is 1.28. The molecule has 1 saturated heterocycles. The van der Waals surface area contributed by atoms with Crippen molar-refractivity contribution in [2.45, 2.75) is 19.1 Å². The van der Waals surface area contributed by atoms with Crippen molar-refractivity contribution in [3.05, 3.63) is 65.0 Å². The molecule has 0 amide bonds. The number of ether oxygens (including phenoxy) is 1. The summed E-state index contributed by atoms with van der Waals surface area (Å²) in [5.41, 5.74) is 2.41. The number of aliphatic hydroxyl groups is 1. The fourth-order valence-electron chi connectivity index (χ4n) is 3.89. The Kier molecular flexibility index (Phi) is 6.27. The summed E-state index contributed by atoms with van der Waals surface area (Å²) in [7, 11) is 1.68. The van der Waals surface area contributed by atoms with Gasteiger partial charge in [0.2, 0.25) is 0 Å². The fourth-order valence-corrected chi connectivity index (χ4v) is 4.87. The van der Waals surface area contributed by atoms with Crippen LogP contribution in [-0.2, 0) is 6.54 Å². The van der Waals surface area contributed by atoms with Gasteiger partial charge >= 0.3 is 0 Å². The Morgan fingerprint density at radius 1 is 1.04 bits per heavy atom. The van der Waals surface area contributed by atoms with Gasteiger partial charge in [0.15, 0.2) is 0 Å². The minimum atomic E-state index is -0.428. The van der Waals surface area contributed by atoms with Crippen LogP contribution in [0.25, 0.3) is 10.1 Å². The molecule has 0 saturated carbocycles. The first-order chi connectivity index (χ1) is 13.7. The third kappa shape index (κ3) is 4.55. The number of rotatable bonds is 7. The highest BCUT2D eigenvalue weighted by Gasteiger charge is 2.19. The van der Waals surface area contributed by atoms with Crippen molar-refractivity contribution in [3.63, 3.8) is 0 Å². The van der Waals surface area contributed by atoms with Gasteiger partial charge in [0, 0.05) is 49.4 Å². The molecule has 1 aliphatic rings. The van der Waals surface area contributed by atoms with Crippen LogP contribution in [-0.4, -0.2) is 54.7 Å². The topological polar surface area (TPSA) is 35.9 Å². The molecule has 1 fully saturated rings. The van der Waals surface area contributed by atoms with Gasteiger partial charge < -0.3 is 14.7 Å². The van der Waals surface area contributed by atoms with E-state index in [2.05, 4.69) is 51.6 Å². The summed E-state index contributed by atoms with van der Waals surface area (Å²) in [6.45, 7) is 6.27. The number of benzene rings is 2. The number of nitrogens with zero attached hydrogens (tertiary/aromatic N) is 2. The second-order valence-corrected chi connectivity index (χ2v) is 8.37. The first-order valence-corrected chi connectivity index (χ1v) is 10.8. The van der Waals surface area contributed by atoms with Crippen molar-refractivity contribution in [2.24, 2.45) is 0 Å². The van der Waals surface area contributed by atoms with Crippen LogP contribution in [0.5, 0.6) is 5.75 Å². The summed E-state index contributed by atoms with van der Waals surface area (Å²) in [5, 5.41) is 14.0. The van der Waals surface area contributed by atoms with Gasteiger partial charge in [0.05, 0.1) is 13.2 Å². The number of hydrogen-bond acceptors (Lipinski definition) is 5. The molecule has 148 valence electrons. The first kappa shape index (κ1) is 19.4. The number of thiophene rings is 1. The molecule has 0 radical (unpaired) electrons. The maximum absolute atomic E-state index is 10.8. The monoisotopic (exact) mass is 396 g/mol. The van der Waals surface area contributed by atoms with Crippen LogP contribution in [0.15, 0.2) is 53.9 Å². The van der Waals surface area contributed by atoms with E-state index in [1.807, 2.05) is 12.1 Å². The van der Waals surface area contributed by atoms with E-state index in [0.717, 1.165) is 62.4 Å². The van der Waals surface area contributed by atoms with Crippen LogP contribution in [0.2, 0.25) is 0 Å². The van der Waals surface area contributed by atoms with E-state index >= 15 is 0 Å². The lowest BCUT2D eigenvalue weighted by Crippen LogP contribution is -2.46. The second-order valence-electron chi connectivity index (χ2n) is 7.46. The highest BCUT2D eigenvalue weighted by molar-refractivity contribution is 7.17. The minimum Gasteiger partial charge on any atom is -0.497 e. The summed E-state index contributed by atoms with van der Waals surface area (Å²) in [4.78, 5) is 4.99. The molecule has 2 aromatic carbocycles. The second kappa shape index (κ2) is 9.05. The predicted octanol–water partition coefficient (Wildman–Crippen LogP) is 4.15. The molecule has 5 heteroatoms. The molecule has 1 N–H and O–H groups in total. The maximum Gasteiger partial charge on any atom is 0.119 e. The number of fused-ring (bicyclic) bond motifs is 1. The Bertz CT molecular complexity index is 888. The SMILES string of the molecule is COc1ccc2scc(C(O)CCN3CCN(Cc4ccccc4)CC3)c2c1. The van der Waals surface area contributed by atoms with Crippen LogP contribution in [0.3, 0.4) is 0 Å². The molecule has 0 bridgehead atoms. The molecule has 1 aliphatic heterocycles. The number of methoxy groups -OCH3 is 1. The maximum atomic E-state index is 10.8. The summed E-state index contributed by atoms with van der Waals surface area (Å²) in [6.07, 6.45) is 0.338. The average Bonchev–Trinajstić information content (AvgIpc) is 3.17. The molecule has 2 heterocycles. The molecule has 4 rings (SSSR count). The van der Waals surface area contributed by atoms with Crippen molar-refractivity contribution in [1.29, 1.82) is 0 Å². The fraction of sp³-hybridized carbons (Fsp3) is 0.391. The van der Waals surface area contributed by atoms with Gasteiger partial charge in [0.1, 0.15) is 5.75 Å². The Labute approximate surface area is 171 Å². The van der Waals surface area contributed by atoms with Gasteiger partial charge in [-0.15, -0.1) is 11.3 Å². The van der Waals surface area contributed by atoms with Crippen molar-refractivity contribution >= 4 is 21.4 Å². The zero-order chi connectivity index (χ0) is 19.3. The van der Waals surface area contributed by atoms with Gasteiger partial charge in [-0.2, -0.15) is 0 Å². The third-order valence-electron chi connectivity index (χ3n) is 5.60. The van der Waals surface area contributed by atoms with E-state index in [0.29, 0.717) is 0 Å². The van der Waals surface area contributed by atoms with Crippen molar-refractivity contribution in [3.8, 4) is 5.75 Å². The molecule has 1 aromatic heterocycles. The largest absolute Gasteiger partial charge is 0.497 e. The van der Waals surface area contributed by atoms with Crippen LogP contribution >= 0.6 is 11.3 Å². The predicted molar refractivity (Wildman–Crippen MR) is 116 cm³/mol. The van der Waals surface area contributed by atoms with Crippen LogP contribution in [0, 0.1) is 0 Å². The molecule has 1 atom stereocenters. The normalized spacial score (nSPS) is 17.1. The number of hydrogen-bond donors (Lipinski definition) is 1. The molecular formula is C23H28N2O2S. The van der Waals surface area contributed by atoms with Crippen LogP contribution < -0.4 is 4.74 Å². The molecule has 0 spiro atoms. The van der Waals surface area contributed by atoms with Crippen molar-refractivity contribution in [1.82, 2.24) is 9.80 Å². The van der Waals surface area contributed by atoms with E-state index < -0.39 is 6.10 Å². The Hall–Kier alpha value is -1.92. The quantitative estimate of drug-likeness (QED) is 0.651. The number of piperazine rings is 1. The van der Waals surface area contributed by atoms with Crippen molar-refractivity contribution in [2.75, 3.05) is 39.8 Å². The molecule has 1 unspecified atom stereocenters. The minimum absolute atomic E-state index is 0.428. The zero-order valence-corrected chi connectivity index (χ0v) is 17.2. The van der Waals surface area contributed by atoms with Gasteiger partial charge in [-0.1, -0.05) is 30.3 Å². The van der Waals surface area contributed by atoms with E-state index in [-0.39, 0.29) is 0 Å². The highest BCUT2D eigenvalue weighted by Crippen LogP contribution is 2.34. The molecule has 4 nitrogen and oxygen atoms in total. The van der Waals surface area contributed by atoms with Gasteiger partial charge in [0.25, 0.3) is 0 Å². The Morgan fingerprint density at radius 3 is 2.54 bits per heavy atom. The van der Waals surface area contributed by atoms with E-state index in [1.165, 1.54) is 10.3 Å². The van der Waals surface area contributed by atoms with E-state index in [9.17, 15) is 5.11 Å². The molecule has 28 heavy (non-hydrogen) atoms. The van der Waals surface area contributed by atoms with Gasteiger partial charge in [-0.25, -0.2) is 0 Å². The zero-order valence-electron chi connectivity index (χ0n) is 16.4. The highest BCUT2D eigenvalue weighted by atomic mass is 32.1. The van der Waals surface area contributed by atoms with Crippen molar-refractivity contribution < 1.29 is 9.84 Å². The van der Waals surface area contributed by atoms with Crippen LogP contribution in [0.4, 0.5) is 0 Å². The van der Waals surface area contributed by atoms with Gasteiger partial charge in [-0.05, 0) is 41.1 Å². The standard InChI is InChI=1S/C23H28N2O2S/c1-27-19-7-8-23-20(15-19)21(17-28-23)22(26)9-10-24-11-13-25(14-12-24)16-18-5-3-2-4-6-18/h2-8,15,17,22,26H,9-14,16H2,1H3. The van der Waals surface area contributed by atoms with Crippen LogP contribution in [0.1, 0.15) is 23.7 Å². The average molecular weight is 397 g/mol. The summed E-state index contributed by atoms with van der Waals surface area (Å²) < 4.78 is 6.54. The lowest BCUT2D eigenvalue weighted by atomic mass is 10.0. The summed E-state index contributed by atoms with van der Waals surface area (Å²) in [6, 6.07) is 16.8. The van der Waals surface area contributed by atoms with Gasteiger partial charge in [-0.3, -0.25) is 4.90 Å². The molecule has 0 aliphatic carbocycles. The molecular weight excluding hydrogens is 368 g/mol. The first-order valence-electron chi connectivity index (χ1n) is 9.95. The Morgan fingerprint density at radius 2 is 1.79 bits per heavy atom. The summed E-state index contributed by atoms with van der Waals surface area (Å²) >= 11 is 1.69. The lowest BCUT2D eigenvalue weighted by molar-refractivity contribution is 0.0999. The molecule has 3 aromatic rings. The number of aliphatic hydroxyl groups excluding tert-OH is 1. The smallest absolute Gasteiger partial charge is 0.119 e. The lowest BCUT2D eigenvalue weighted by Gasteiger charge is -2.35. The third-order valence-corrected chi connectivity index (χ3v) is 6.58. The van der Waals surface area contributed by atoms with E-state index in [1.54, 1.807) is 18.4 Å². The van der Waals surface area contributed by atoms with E-state index in [4.69, 9.17) is 4.74 Å². The summed E-state index contributed by atoms with van der Waals surface area (Å²) in [5.74, 6) is 0.842.